The van der Waals surface area contributed by atoms with E-state index < -0.39 is 0 Å². The molecule has 2 aromatic rings. The Kier molecular flexibility index (Phi) is 5.15. The second-order valence-electron chi connectivity index (χ2n) is 5.94. The van der Waals surface area contributed by atoms with Crippen LogP contribution < -0.4 is 4.90 Å². The van der Waals surface area contributed by atoms with Crippen LogP contribution in [0.5, 0.6) is 0 Å². The lowest BCUT2D eigenvalue weighted by molar-refractivity contribution is 0.228. The number of amides is 2. The number of unbranched alkanes of at least 4 members (excludes halogenated alkanes) is 1. The van der Waals surface area contributed by atoms with Crippen LogP contribution in [0.25, 0.3) is 11.4 Å². The quantitative estimate of drug-likeness (QED) is 0.804. The van der Waals surface area contributed by atoms with Crippen molar-refractivity contribution in [2.45, 2.75) is 19.8 Å². The first-order valence-corrected chi connectivity index (χ1v) is 8.98. The number of hydrogen-bond acceptors (Lipinski definition) is 3. The molecule has 25 heavy (non-hydrogen) atoms. The number of aromatic nitrogens is 2. The number of aliphatic imine (C=N–C) groups is 1. The van der Waals surface area contributed by atoms with Crippen molar-refractivity contribution >= 4 is 46.0 Å². The number of anilines is 1. The fraction of sp³-hybridized carbons (Fsp3) is 0.353. The molecule has 0 unspecified atom stereocenters. The van der Waals surface area contributed by atoms with Gasteiger partial charge < -0.3 is 4.98 Å². The number of aromatic amines is 1. The number of nitrogens with zero attached hydrogens (tertiary/aromatic N) is 4. The van der Waals surface area contributed by atoms with E-state index in [1.54, 1.807) is 9.80 Å². The Morgan fingerprint density at radius 2 is 2.04 bits per heavy atom. The van der Waals surface area contributed by atoms with Crippen molar-refractivity contribution in [1.29, 1.82) is 0 Å². The first kappa shape index (κ1) is 17.9. The van der Waals surface area contributed by atoms with Gasteiger partial charge in [-0.3, -0.25) is 14.8 Å². The third-order valence-electron chi connectivity index (χ3n) is 4.32. The summed E-state index contributed by atoms with van der Waals surface area (Å²) in [5.41, 5.74) is 1.83. The van der Waals surface area contributed by atoms with Crippen molar-refractivity contribution in [2.75, 3.05) is 24.5 Å². The summed E-state index contributed by atoms with van der Waals surface area (Å²) in [6, 6.07) is 7.95. The van der Waals surface area contributed by atoms with Crippen LogP contribution in [-0.4, -0.2) is 46.4 Å². The minimum atomic E-state index is -0.0129. The largest absolute Gasteiger partial charge is 0.334 e. The van der Waals surface area contributed by atoms with Gasteiger partial charge in [0.1, 0.15) is 11.5 Å². The lowest BCUT2D eigenvalue weighted by atomic mass is 10.2. The van der Waals surface area contributed by atoms with Crippen LogP contribution in [0.4, 0.5) is 10.6 Å². The monoisotopic (exact) mass is 423 g/mol. The molecule has 0 radical (unpaired) electrons. The molecule has 0 bridgehead atoms. The molecule has 0 atom stereocenters. The van der Waals surface area contributed by atoms with E-state index in [4.69, 9.17) is 4.98 Å². The first-order chi connectivity index (χ1) is 11.7. The number of benzene rings is 1. The summed E-state index contributed by atoms with van der Waals surface area (Å²) in [6.45, 7) is 4.09. The molecule has 2 amide bonds. The van der Waals surface area contributed by atoms with Crippen LogP contribution >= 0.6 is 28.3 Å². The number of carbonyl (C=O) groups is 1. The Morgan fingerprint density at radius 1 is 1.28 bits per heavy atom. The number of carbonyl (C=O) groups excluding carboxylic acids is 1. The summed E-state index contributed by atoms with van der Waals surface area (Å²) in [5.74, 6) is 2.18. The molecule has 2 aliphatic rings. The zero-order valence-electron chi connectivity index (χ0n) is 13.8. The maximum atomic E-state index is 12.8. The number of fused-ring (bicyclic) bond motifs is 3. The van der Waals surface area contributed by atoms with E-state index >= 15 is 0 Å². The molecular formula is C17H19BrClN5O. The summed E-state index contributed by atoms with van der Waals surface area (Å²) in [4.78, 5) is 28.9. The van der Waals surface area contributed by atoms with E-state index in [0.29, 0.717) is 25.5 Å². The summed E-state index contributed by atoms with van der Waals surface area (Å²) in [5, 5.41) is 0. The Labute approximate surface area is 160 Å². The minimum Gasteiger partial charge on any atom is -0.334 e. The normalized spacial score (nSPS) is 15.6. The van der Waals surface area contributed by atoms with Crippen LogP contribution in [0.1, 0.15) is 25.5 Å². The van der Waals surface area contributed by atoms with Crippen molar-refractivity contribution in [3.8, 4) is 11.4 Å². The molecule has 2 aliphatic heterocycles. The third kappa shape index (κ3) is 3.06. The number of amidine groups is 1. The van der Waals surface area contributed by atoms with E-state index in [1.807, 2.05) is 24.3 Å². The Hall–Kier alpha value is -1.86. The molecule has 1 aromatic heterocycles. The fourth-order valence-electron chi connectivity index (χ4n) is 3.06. The molecule has 0 fully saturated rings. The van der Waals surface area contributed by atoms with Gasteiger partial charge in [0, 0.05) is 23.1 Å². The lowest BCUT2D eigenvalue weighted by Gasteiger charge is -2.32. The van der Waals surface area contributed by atoms with E-state index in [-0.39, 0.29) is 18.4 Å². The first-order valence-electron chi connectivity index (χ1n) is 8.19. The van der Waals surface area contributed by atoms with Gasteiger partial charge in [0.05, 0.1) is 6.54 Å². The van der Waals surface area contributed by atoms with Crippen molar-refractivity contribution in [2.24, 2.45) is 4.99 Å². The number of hydrogen-bond donors (Lipinski definition) is 1. The van der Waals surface area contributed by atoms with Crippen molar-refractivity contribution in [3.05, 3.63) is 34.4 Å². The fourth-order valence-corrected chi connectivity index (χ4v) is 3.33. The second-order valence-corrected chi connectivity index (χ2v) is 6.85. The van der Waals surface area contributed by atoms with Gasteiger partial charge in [0.25, 0.3) is 0 Å². The summed E-state index contributed by atoms with van der Waals surface area (Å²) in [6.07, 6.45) is 1.98. The molecule has 1 aromatic carbocycles. The molecule has 8 heteroatoms. The zero-order chi connectivity index (χ0) is 16.7. The molecule has 0 aliphatic carbocycles. The number of imidazole rings is 1. The van der Waals surface area contributed by atoms with Gasteiger partial charge in [-0.15, -0.1) is 12.4 Å². The molecule has 0 saturated carbocycles. The maximum absolute atomic E-state index is 12.8. The number of nitrogens with one attached hydrogen (secondary N) is 1. The molecule has 4 rings (SSSR count). The van der Waals surface area contributed by atoms with E-state index in [9.17, 15) is 4.79 Å². The Morgan fingerprint density at radius 3 is 2.76 bits per heavy atom. The van der Waals surface area contributed by atoms with Gasteiger partial charge in [-0.2, -0.15) is 0 Å². The minimum absolute atomic E-state index is 0. The van der Waals surface area contributed by atoms with Gasteiger partial charge in [-0.05, 0) is 18.6 Å². The molecule has 132 valence electrons. The number of H-pyrrole nitrogens is 1. The Balaban J connectivity index is 0.00000182. The average molecular weight is 425 g/mol. The van der Waals surface area contributed by atoms with Crippen LogP contribution in [0.15, 0.2) is 33.7 Å². The smallest absolute Gasteiger partial charge is 0.331 e. The second kappa shape index (κ2) is 7.17. The van der Waals surface area contributed by atoms with Gasteiger partial charge in [-0.25, -0.2) is 9.78 Å². The average Bonchev–Trinajstić information content (AvgIpc) is 3.22. The van der Waals surface area contributed by atoms with E-state index in [2.05, 4.69) is 32.8 Å². The van der Waals surface area contributed by atoms with Crippen LogP contribution in [0.3, 0.4) is 0 Å². The van der Waals surface area contributed by atoms with Gasteiger partial charge in [-0.1, -0.05) is 41.4 Å². The predicted octanol–water partition coefficient (Wildman–Crippen LogP) is 4.06. The van der Waals surface area contributed by atoms with Crippen molar-refractivity contribution in [1.82, 2.24) is 14.9 Å². The van der Waals surface area contributed by atoms with Gasteiger partial charge >= 0.3 is 6.03 Å². The van der Waals surface area contributed by atoms with Crippen molar-refractivity contribution in [3.63, 3.8) is 0 Å². The standard InChI is InChI=1S/C17H18BrN5O.ClH/c1-2-3-9-22-16-13(15-19-8-10-23(15)17(22)24)20-14(21-16)11-4-6-12(18)7-5-11;/h4-7H,2-3,8-10H2,1H3,(H,20,21);1H. The van der Waals surface area contributed by atoms with Gasteiger partial charge in [0.2, 0.25) is 0 Å². The highest BCUT2D eigenvalue weighted by Crippen LogP contribution is 2.32. The summed E-state index contributed by atoms with van der Waals surface area (Å²) < 4.78 is 1.02. The molecule has 6 nitrogen and oxygen atoms in total. The van der Waals surface area contributed by atoms with E-state index in [1.165, 1.54) is 0 Å². The van der Waals surface area contributed by atoms with Crippen LogP contribution in [-0.2, 0) is 0 Å². The Bertz CT molecular complexity index is 817. The highest BCUT2D eigenvalue weighted by atomic mass is 79.9. The number of rotatable bonds is 4. The highest BCUT2D eigenvalue weighted by Gasteiger charge is 2.39. The van der Waals surface area contributed by atoms with E-state index in [0.717, 1.165) is 40.2 Å². The zero-order valence-corrected chi connectivity index (χ0v) is 16.2. The lowest BCUT2D eigenvalue weighted by Crippen LogP contribution is -2.50. The number of halogens is 2. The third-order valence-corrected chi connectivity index (χ3v) is 4.85. The number of urea groups is 1. The predicted molar refractivity (Wildman–Crippen MR) is 105 cm³/mol. The SMILES string of the molecule is CCCCN1C(=O)N2CCN=C2c2[nH]c(-c3ccc(Br)cc3)nc21.Cl. The summed E-state index contributed by atoms with van der Waals surface area (Å²) in [7, 11) is 0. The van der Waals surface area contributed by atoms with Gasteiger partial charge in [0.15, 0.2) is 11.7 Å². The molecular weight excluding hydrogens is 406 g/mol. The topological polar surface area (TPSA) is 64.6 Å². The maximum Gasteiger partial charge on any atom is 0.331 e. The van der Waals surface area contributed by atoms with Crippen LogP contribution in [0.2, 0.25) is 0 Å². The summed E-state index contributed by atoms with van der Waals surface area (Å²) >= 11 is 3.45. The van der Waals surface area contributed by atoms with Crippen LogP contribution in [0, 0.1) is 0 Å². The molecule has 0 spiro atoms. The molecule has 1 N–H and O–H groups in total. The highest BCUT2D eigenvalue weighted by molar-refractivity contribution is 9.10. The van der Waals surface area contributed by atoms with Crippen molar-refractivity contribution < 1.29 is 4.79 Å². The molecule has 3 heterocycles. The molecule has 0 saturated heterocycles.